The molecule has 0 aromatic carbocycles. The minimum absolute atomic E-state index is 0.172. The average molecular weight is 247 g/mol. The Kier molecular flexibility index (Phi) is 2.87. The van der Waals surface area contributed by atoms with E-state index in [-0.39, 0.29) is 18.1 Å². The molecule has 0 unspecified atom stereocenters. The number of aromatic nitrogens is 5. The standard InChI is InChI=1S/C11H13N5O2/c17-8(7-3-1-2-4-7)5-9-14-11(16-18-9)10-12-6-13-15-10/h6-7H,1-5H2,(H,12,13,15). The number of H-pyrrole nitrogens is 1. The Bertz CT molecular complexity index is 527. The number of nitrogens with one attached hydrogen (secondary N) is 1. The van der Waals surface area contributed by atoms with Crippen molar-refractivity contribution in [3.8, 4) is 11.6 Å². The molecule has 1 aliphatic rings. The fourth-order valence-corrected chi connectivity index (χ4v) is 2.28. The lowest BCUT2D eigenvalue weighted by Gasteiger charge is -2.04. The van der Waals surface area contributed by atoms with Gasteiger partial charge >= 0.3 is 0 Å². The summed E-state index contributed by atoms with van der Waals surface area (Å²) in [4.78, 5) is 20.0. The first kappa shape index (κ1) is 11.1. The molecule has 0 aliphatic heterocycles. The lowest BCUT2D eigenvalue weighted by molar-refractivity contribution is -0.122. The van der Waals surface area contributed by atoms with Gasteiger partial charge in [-0.3, -0.25) is 9.89 Å². The second-order valence-electron chi connectivity index (χ2n) is 4.47. The lowest BCUT2D eigenvalue weighted by Crippen LogP contribution is -2.13. The molecular formula is C11H13N5O2. The van der Waals surface area contributed by atoms with Crippen molar-refractivity contribution in [1.29, 1.82) is 0 Å². The highest BCUT2D eigenvalue weighted by atomic mass is 16.5. The topological polar surface area (TPSA) is 97.6 Å². The maximum Gasteiger partial charge on any atom is 0.239 e. The van der Waals surface area contributed by atoms with Gasteiger partial charge in [0.15, 0.2) is 5.82 Å². The molecule has 2 heterocycles. The number of hydrogen-bond donors (Lipinski definition) is 1. The van der Waals surface area contributed by atoms with Crippen LogP contribution >= 0.6 is 0 Å². The van der Waals surface area contributed by atoms with E-state index in [9.17, 15) is 4.79 Å². The van der Waals surface area contributed by atoms with Gasteiger partial charge in [0.05, 0.1) is 6.42 Å². The van der Waals surface area contributed by atoms with Gasteiger partial charge in [0, 0.05) is 5.92 Å². The molecule has 0 amide bonds. The summed E-state index contributed by atoms with van der Waals surface area (Å²) in [6.07, 6.45) is 5.85. The lowest BCUT2D eigenvalue weighted by atomic mass is 10.0. The molecule has 7 nitrogen and oxygen atoms in total. The molecule has 0 bridgehead atoms. The van der Waals surface area contributed by atoms with Crippen LogP contribution in [0, 0.1) is 5.92 Å². The van der Waals surface area contributed by atoms with Crippen LogP contribution in [0.1, 0.15) is 31.6 Å². The summed E-state index contributed by atoms with van der Waals surface area (Å²) >= 11 is 0. The summed E-state index contributed by atoms with van der Waals surface area (Å²) in [6.45, 7) is 0. The summed E-state index contributed by atoms with van der Waals surface area (Å²) in [5.74, 6) is 1.49. The molecule has 0 spiro atoms. The van der Waals surface area contributed by atoms with Crippen LogP contribution in [0.5, 0.6) is 0 Å². The first-order valence-electron chi connectivity index (χ1n) is 6.04. The van der Waals surface area contributed by atoms with Crippen molar-refractivity contribution >= 4 is 5.78 Å². The average Bonchev–Trinajstić information content (AvgIpc) is 3.12. The van der Waals surface area contributed by atoms with Gasteiger partial charge in [-0.05, 0) is 12.8 Å². The van der Waals surface area contributed by atoms with Gasteiger partial charge < -0.3 is 4.52 Å². The Hall–Kier alpha value is -2.05. The molecule has 2 aromatic rings. The second kappa shape index (κ2) is 4.67. The van der Waals surface area contributed by atoms with Crippen LogP contribution in [0.15, 0.2) is 10.9 Å². The molecule has 7 heteroatoms. The number of nitrogens with zero attached hydrogens (tertiary/aromatic N) is 4. The van der Waals surface area contributed by atoms with Crippen molar-refractivity contribution in [1.82, 2.24) is 25.3 Å². The zero-order chi connectivity index (χ0) is 12.4. The maximum absolute atomic E-state index is 11.9. The third-order valence-corrected chi connectivity index (χ3v) is 3.23. The van der Waals surface area contributed by atoms with Crippen LogP contribution in [-0.2, 0) is 11.2 Å². The van der Waals surface area contributed by atoms with E-state index in [1.807, 2.05) is 0 Å². The van der Waals surface area contributed by atoms with Gasteiger partial charge in [-0.15, -0.1) is 0 Å². The van der Waals surface area contributed by atoms with Gasteiger partial charge in [0.1, 0.15) is 12.1 Å². The second-order valence-corrected chi connectivity index (χ2v) is 4.47. The first-order chi connectivity index (χ1) is 8.83. The fraction of sp³-hybridized carbons (Fsp3) is 0.545. The van der Waals surface area contributed by atoms with Crippen LogP contribution in [0.3, 0.4) is 0 Å². The number of rotatable bonds is 4. The van der Waals surface area contributed by atoms with Crippen LogP contribution in [0.4, 0.5) is 0 Å². The van der Waals surface area contributed by atoms with Gasteiger partial charge in [0.25, 0.3) is 0 Å². The Balaban J connectivity index is 1.68. The van der Waals surface area contributed by atoms with E-state index in [0.29, 0.717) is 17.5 Å². The Labute approximate surface area is 103 Å². The van der Waals surface area contributed by atoms with Crippen LogP contribution in [0.2, 0.25) is 0 Å². The van der Waals surface area contributed by atoms with Crippen LogP contribution in [0.25, 0.3) is 11.6 Å². The van der Waals surface area contributed by atoms with Crippen molar-refractivity contribution in [3.05, 3.63) is 12.2 Å². The fourth-order valence-electron chi connectivity index (χ4n) is 2.28. The van der Waals surface area contributed by atoms with Gasteiger partial charge in [-0.2, -0.15) is 10.1 Å². The quantitative estimate of drug-likeness (QED) is 0.870. The third kappa shape index (κ3) is 2.15. The summed E-state index contributed by atoms with van der Waals surface area (Å²) in [7, 11) is 0. The molecular weight excluding hydrogens is 234 g/mol. The van der Waals surface area contributed by atoms with Crippen molar-refractivity contribution in [2.45, 2.75) is 32.1 Å². The number of carbonyl (C=O) groups is 1. The van der Waals surface area contributed by atoms with E-state index in [1.54, 1.807) is 0 Å². The highest BCUT2D eigenvalue weighted by Crippen LogP contribution is 2.26. The highest BCUT2D eigenvalue weighted by Gasteiger charge is 2.24. The molecule has 1 fully saturated rings. The Morgan fingerprint density at radius 2 is 2.28 bits per heavy atom. The maximum atomic E-state index is 11.9. The number of carbonyl (C=O) groups excluding carboxylic acids is 1. The Morgan fingerprint density at radius 1 is 1.44 bits per heavy atom. The molecule has 94 valence electrons. The number of aromatic amines is 1. The predicted octanol–water partition coefficient (Wildman–Crippen LogP) is 1.16. The predicted molar refractivity (Wildman–Crippen MR) is 60.3 cm³/mol. The molecule has 2 aromatic heterocycles. The van der Waals surface area contributed by atoms with E-state index in [2.05, 4.69) is 25.3 Å². The first-order valence-corrected chi connectivity index (χ1v) is 6.04. The van der Waals surface area contributed by atoms with Crippen molar-refractivity contribution in [2.75, 3.05) is 0 Å². The van der Waals surface area contributed by atoms with Gasteiger partial charge in [-0.1, -0.05) is 18.0 Å². The zero-order valence-corrected chi connectivity index (χ0v) is 9.80. The van der Waals surface area contributed by atoms with Crippen LogP contribution < -0.4 is 0 Å². The smallest absolute Gasteiger partial charge is 0.239 e. The molecule has 0 saturated heterocycles. The summed E-state index contributed by atoms with van der Waals surface area (Å²) < 4.78 is 5.05. The molecule has 1 saturated carbocycles. The monoisotopic (exact) mass is 247 g/mol. The summed E-state index contributed by atoms with van der Waals surface area (Å²) in [5.41, 5.74) is 0. The minimum Gasteiger partial charge on any atom is -0.338 e. The number of hydrogen-bond acceptors (Lipinski definition) is 6. The van der Waals surface area contributed by atoms with Crippen molar-refractivity contribution in [3.63, 3.8) is 0 Å². The summed E-state index contributed by atoms with van der Waals surface area (Å²) in [5, 5.41) is 10.1. The summed E-state index contributed by atoms with van der Waals surface area (Å²) in [6, 6.07) is 0. The number of Topliss-reactive ketones (excluding diaryl/α,β-unsaturated/α-hetero) is 1. The molecule has 3 rings (SSSR count). The van der Waals surface area contributed by atoms with Crippen LogP contribution in [-0.4, -0.2) is 31.1 Å². The van der Waals surface area contributed by atoms with E-state index in [0.717, 1.165) is 25.7 Å². The van der Waals surface area contributed by atoms with Gasteiger partial charge in [0.2, 0.25) is 11.7 Å². The molecule has 0 atom stereocenters. The number of ketones is 1. The van der Waals surface area contributed by atoms with E-state index >= 15 is 0 Å². The SMILES string of the molecule is O=C(Cc1nc(-c2ncn[nH]2)no1)C1CCCC1. The molecule has 0 radical (unpaired) electrons. The van der Waals surface area contributed by atoms with Crippen molar-refractivity contribution in [2.24, 2.45) is 5.92 Å². The van der Waals surface area contributed by atoms with Gasteiger partial charge in [-0.25, -0.2) is 4.98 Å². The van der Waals surface area contributed by atoms with Crippen molar-refractivity contribution < 1.29 is 9.32 Å². The van der Waals surface area contributed by atoms with E-state index < -0.39 is 0 Å². The third-order valence-electron chi connectivity index (χ3n) is 3.23. The Morgan fingerprint density at radius 3 is 3.00 bits per heavy atom. The molecule has 1 aliphatic carbocycles. The zero-order valence-electron chi connectivity index (χ0n) is 9.80. The van der Waals surface area contributed by atoms with E-state index in [4.69, 9.17) is 4.52 Å². The highest BCUT2D eigenvalue weighted by molar-refractivity contribution is 5.82. The normalized spacial score (nSPS) is 16.2. The molecule has 1 N–H and O–H groups in total. The molecule has 18 heavy (non-hydrogen) atoms. The largest absolute Gasteiger partial charge is 0.338 e. The van der Waals surface area contributed by atoms with E-state index in [1.165, 1.54) is 6.33 Å². The minimum atomic E-state index is 0.172.